The molecule has 3 heteroatoms. The van der Waals surface area contributed by atoms with Crippen molar-refractivity contribution in [2.45, 2.75) is 6.10 Å². The summed E-state index contributed by atoms with van der Waals surface area (Å²) in [5, 5.41) is 13.3. The average molecular weight is 309 g/mol. The van der Waals surface area contributed by atoms with E-state index in [1.165, 1.54) is 0 Å². The fourth-order valence-electron chi connectivity index (χ4n) is 2.78. The van der Waals surface area contributed by atoms with Gasteiger partial charge in [0.1, 0.15) is 17.3 Å². The van der Waals surface area contributed by atoms with Crippen molar-refractivity contribution in [3.05, 3.63) is 82.9 Å². The van der Waals surface area contributed by atoms with Gasteiger partial charge in [0.2, 0.25) is 0 Å². The molecule has 0 aliphatic heterocycles. The largest absolute Gasteiger partial charge is 0.456 e. The van der Waals surface area contributed by atoms with Gasteiger partial charge >= 0.3 is 0 Å². The lowest BCUT2D eigenvalue weighted by molar-refractivity contribution is 0.220. The molecule has 0 bridgehead atoms. The van der Waals surface area contributed by atoms with Gasteiger partial charge in [-0.1, -0.05) is 54.1 Å². The molecule has 3 aromatic carbocycles. The lowest BCUT2D eigenvalue weighted by Crippen LogP contribution is -1.99. The maximum atomic E-state index is 10.6. The number of hydrogen-bond acceptors (Lipinski definition) is 2. The van der Waals surface area contributed by atoms with Crippen molar-refractivity contribution in [1.82, 2.24) is 0 Å². The lowest BCUT2D eigenvalue weighted by Gasteiger charge is -2.11. The van der Waals surface area contributed by atoms with Crippen LogP contribution in [-0.4, -0.2) is 5.11 Å². The Kier molecular flexibility index (Phi) is 3.14. The second-order valence-corrected chi connectivity index (χ2v) is 5.75. The molecule has 1 aromatic heterocycles. The molecule has 4 aromatic rings. The minimum atomic E-state index is -0.726. The van der Waals surface area contributed by atoms with Gasteiger partial charge in [0.05, 0.1) is 0 Å². The fraction of sp³-hybridized carbons (Fsp3) is 0.0526. The summed E-state index contributed by atoms with van der Waals surface area (Å²) in [6.45, 7) is 0. The molecule has 0 spiro atoms. The van der Waals surface area contributed by atoms with E-state index in [0.29, 0.717) is 5.02 Å². The van der Waals surface area contributed by atoms with Crippen molar-refractivity contribution >= 4 is 33.5 Å². The van der Waals surface area contributed by atoms with E-state index in [-0.39, 0.29) is 0 Å². The van der Waals surface area contributed by atoms with E-state index < -0.39 is 6.10 Å². The van der Waals surface area contributed by atoms with E-state index in [1.807, 2.05) is 54.6 Å². The third-order valence-corrected chi connectivity index (χ3v) is 4.12. The Bertz CT molecular complexity index is 971. The Morgan fingerprint density at radius 3 is 2.41 bits per heavy atom. The predicted octanol–water partition coefficient (Wildman–Crippen LogP) is 5.32. The maximum Gasteiger partial charge on any atom is 0.135 e. The number of benzene rings is 3. The van der Waals surface area contributed by atoms with Gasteiger partial charge in [-0.05, 0) is 35.4 Å². The smallest absolute Gasteiger partial charge is 0.135 e. The number of aliphatic hydroxyl groups excluding tert-OH is 1. The molecular formula is C19H13ClO2. The van der Waals surface area contributed by atoms with Crippen LogP contribution in [0.4, 0.5) is 0 Å². The molecule has 2 nitrogen and oxygen atoms in total. The van der Waals surface area contributed by atoms with E-state index in [9.17, 15) is 5.11 Å². The van der Waals surface area contributed by atoms with Crippen LogP contribution in [0.2, 0.25) is 5.02 Å². The van der Waals surface area contributed by atoms with Crippen LogP contribution in [0.5, 0.6) is 0 Å². The number of rotatable bonds is 2. The zero-order chi connectivity index (χ0) is 15.1. The molecule has 1 heterocycles. The van der Waals surface area contributed by atoms with E-state index in [0.717, 1.165) is 33.1 Å². The SMILES string of the molecule is O[C@H](c1cccc(Cl)c1)c1ccc2c(c1)oc1ccccc12. The van der Waals surface area contributed by atoms with Crippen LogP contribution >= 0.6 is 11.6 Å². The average Bonchev–Trinajstić information content (AvgIpc) is 2.91. The third-order valence-electron chi connectivity index (χ3n) is 3.88. The van der Waals surface area contributed by atoms with Crippen LogP contribution < -0.4 is 0 Å². The molecule has 108 valence electrons. The number of aliphatic hydroxyl groups is 1. The van der Waals surface area contributed by atoms with Gasteiger partial charge in [-0.15, -0.1) is 0 Å². The predicted molar refractivity (Wildman–Crippen MR) is 89.2 cm³/mol. The van der Waals surface area contributed by atoms with Crippen LogP contribution in [0.1, 0.15) is 17.2 Å². The van der Waals surface area contributed by atoms with E-state index >= 15 is 0 Å². The first kappa shape index (κ1) is 13.4. The second-order valence-electron chi connectivity index (χ2n) is 5.31. The summed E-state index contributed by atoms with van der Waals surface area (Å²) in [5.41, 5.74) is 3.18. The number of halogens is 1. The van der Waals surface area contributed by atoms with Gasteiger partial charge in [0.25, 0.3) is 0 Å². The maximum absolute atomic E-state index is 10.6. The van der Waals surface area contributed by atoms with Crippen molar-refractivity contribution < 1.29 is 9.52 Å². The van der Waals surface area contributed by atoms with Gasteiger partial charge in [0.15, 0.2) is 0 Å². The van der Waals surface area contributed by atoms with Crippen molar-refractivity contribution in [1.29, 1.82) is 0 Å². The zero-order valence-electron chi connectivity index (χ0n) is 11.7. The molecule has 22 heavy (non-hydrogen) atoms. The van der Waals surface area contributed by atoms with E-state index in [1.54, 1.807) is 12.1 Å². The minimum absolute atomic E-state index is 0.612. The molecule has 0 aliphatic rings. The summed E-state index contributed by atoms with van der Waals surface area (Å²) in [6.07, 6.45) is -0.726. The summed E-state index contributed by atoms with van der Waals surface area (Å²) in [7, 11) is 0. The molecule has 0 amide bonds. The van der Waals surface area contributed by atoms with Crippen molar-refractivity contribution in [3.63, 3.8) is 0 Å². The summed E-state index contributed by atoms with van der Waals surface area (Å²) in [5.74, 6) is 0. The van der Waals surface area contributed by atoms with Gasteiger partial charge in [-0.2, -0.15) is 0 Å². The van der Waals surface area contributed by atoms with Gasteiger partial charge in [-0.3, -0.25) is 0 Å². The number of para-hydroxylation sites is 1. The number of fused-ring (bicyclic) bond motifs is 3. The quantitative estimate of drug-likeness (QED) is 0.543. The molecule has 0 saturated carbocycles. The van der Waals surface area contributed by atoms with Gasteiger partial charge < -0.3 is 9.52 Å². The molecule has 0 saturated heterocycles. The monoisotopic (exact) mass is 308 g/mol. The van der Waals surface area contributed by atoms with E-state index in [4.69, 9.17) is 16.0 Å². The Morgan fingerprint density at radius 1 is 0.773 bits per heavy atom. The first-order valence-electron chi connectivity index (χ1n) is 7.07. The molecule has 4 rings (SSSR count). The molecule has 0 unspecified atom stereocenters. The minimum Gasteiger partial charge on any atom is -0.456 e. The highest BCUT2D eigenvalue weighted by atomic mass is 35.5. The summed E-state index contributed by atoms with van der Waals surface area (Å²) >= 11 is 6.00. The van der Waals surface area contributed by atoms with Gasteiger partial charge in [-0.25, -0.2) is 0 Å². The van der Waals surface area contributed by atoms with Gasteiger partial charge in [0, 0.05) is 15.8 Å². The highest BCUT2D eigenvalue weighted by Crippen LogP contribution is 2.32. The van der Waals surface area contributed by atoms with Crippen LogP contribution in [0.25, 0.3) is 21.9 Å². The molecule has 0 radical (unpaired) electrons. The lowest BCUT2D eigenvalue weighted by atomic mass is 10.0. The first-order chi connectivity index (χ1) is 10.7. The number of hydrogen-bond donors (Lipinski definition) is 1. The normalized spacial score (nSPS) is 12.8. The van der Waals surface area contributed by atoms with Crippen LogP contribution in [0.15, 0.2) is 71.1 Å². The standard InChI is InChI=1S/C19H13ClO2/c20-14-5-3-4-12(10-14)19(21)13-8-9-16-15-6-1-2-7-17(15)22-18(16)11-13/h1-11,19,21H/t19-/m1/s1. The molecule has 0 fully saturated rings. The number of furan rings is 1. The molecule has 0 aliphatic carbocycles. The molecular weight excluding hydrogens is 296 g/mol. The van der Waals surface area contributed by atoms with Crippen LogP contribution in [0, 0.1) is 0 Å². The Labute approximate surface area is 132 Å². The summed E-state index contributed by atoms with van der Waals surface area (Å²) in [6, 6.07) is 21.0. The van der Waals surface area contributed by atoms with Crippen molar-refractivity contribution in [3.8, 4) is 0 Å². The Balaban J connectivity index is 1.84. The highest BCUT2D eigenvalue weighted by molar-refractivity contribution is 6.30. The Hall–Kier alpha value is -2.29. The van der Waals surface area contributed by atoms with E-state index in [2.05, 4.69) is 0 Å². The van der Waals surface area contributed by atoms with Crippen molar-refractivity contribution in [2.24, 2.45) is 0 Å². The topological polar surface area (TPSA) is 33.4 Å². The molecule has 1 atom stereocenters. The first-order valence-corrected chi connectivity index (χ1v) is 7.45. The highest BCUT2D eigenvalue weighted by Gasteiger charge is 2.13. The fourth-order valence-corrected chi connectivity index (χ4v) is 2.98. The van der Waals surface area contributed by atoms with Crippen LogP contribution in [-0.2, 0) is 0 Å². The summed E-state index contributed by atoms with van der Waals surface area (Å²) in [4.78, 5) is 0. The zero-order valence-corrected chi connectivity index (χ0v) is 12.4. The summed E-state index contributed by atoms with van der Waals surface area (Å²) < 4.78 is 5.87. The third kappa shape index (κ3) is 2.17. The second kappa shape index (κ2) is 5.16. The van der Waals surface area contributed by atoms with Crippen LogP contribution in [0.3, 0.4) is 0 Å². The molecule has 1 N–H and O–H groups in total. The Morgan fingerprint density at radius 2 is 1.55 bits per heavy atom. The van der Waals surface area contributed by atoms with Crippen molar-refractivity contribution in [2.75, 3.05) is 0 Å².